The van der Waals surface area contributed by atoms with Crippen LogP contribution in [0.1, 0.15) is 16.9 Å². The van der Waals surface area contributed by atoms with Crippen molar-refractivity contribution in [1.29, 1.82) is 0 Å². The number of morpholine rings is 1. The lowest BCUT2D eigenvalue weighted by Crippen LogP contribution is -2.41. The third-order valence-electron chi connectivity index (χ3n) is 5.02. The van der Waals surface area contributed by atoms with Gasteiger partial charge in [-0.3, -0.25) is 9.20 Å². The molecule has 2 fully saturated rings. The molecule has 2 aliphatic rings. The summed E-state index contributed by atoms with van der Waals surface area (Å²) in [6.07, 6.45) is 2.72. The van der Waals surface area contributed by atoms with Crippen LogP contribution < -0.4 is 10.5 Å². The number of benzene rings is 1. The number of likely N-dealkylation sites (tertiary alicyclic amines) is 1. The smallest absolute Gasteiger partial charge is 0.274 e. The van der Waals surface area contributed by atoms with E-state index >= 15 is 0 Å². The average Bonchev–Trinajstić information content (AvgIpc) is 3.35. The fourth-order valence-corrected chi connectivity index (χ4v) is 3.79. The number of fused-ring (bicyclic) bond motifs is 5. The molecule has 3 aromatic rings. The van der Waals surface area contributed by atoms with Crippen molar-refractivity contribution >= 4 is 28.4 Å². The molecule has 2 bridgehead atoms. The summed E-state index contributed by atoms with van der Waals surface area (Å²) >= 11 is 0. The van der Waals surface area contributed by atoms with Crippen LogP contribution in [0.4, 0.5) is 5.95 Å². The fourth-order valence-electron chi connectivity index (χ4n) is 3.79. The summed E-state index contributed by atoms with van der Waals surface area (Å²) in [5.74, 6) is 0.802. The second-order valence-electron chi connectivity index (χ2n) is 6.45. The molecule has 1 aromatic carbocycles. The highest BCUT2D eigenvalue weighted by molar-refractivity contribution is 5.99. The number of nitrogen functional groups attached to an aromatic ring is 1. The summed E-state index contributed by atoms with van der Waals surface area (Å²) in [6, 6.07) is 5.73. The molecule has 25 heavy (non-hydrogen) atoms. The molecule has 2 N–H and O–H groups in total. The number of amides is 1. The zero-order valence-electron chi connectivity index (χ0n) is 13.7. The molecule has 1 unspecified atom stereocenters. The largest absolute Gasteiger partial charge is 0.494 e. The number of aromatic nitrogens is 3. The SMILES string of the molecule is COc1cccc2c1nc(N)n1cc(C(=O)N3CC4C[C@H]3CO4)nc21. The second kappa shape index (κ2) is 5.06. The number of hydrogen-bond donors (Lipinski definition) is 1. The predicted octanol–water partition coefficient (Wildman–Crippen LogP) is 1.09. The topological polar surface area (TPSA) is 95.0 Å². The second-order valence-corrected chi connectivity index (χ2v) is 6.45. The van der Waals surface area contributed by atoms with Crippen LogP contribution in [0.25, 0.3) is 16.6 Å². The Hall–Kier alpha value is -2.87. The standard InChI is InChI=1S/C17H17N5O3/c1-24-13-4-2-3-11-14(13)20-17(18)22-7-12(19-15(11)22)16(23)21-6-10-5-9(21)8-25-10/h2-4,7,9-10H,5-6,8H2,1H3,(H2,18,20)/t9-,10?/m0/s1. The number of carbonyl (C=O) groups excluding carboxylic acids is 1. The van der Waals surface area contributed by atoms with Crippen LogP contribution in [0.15, 0.2) is 24.4 Å². The van der Waals surface area contributed by atoms with Crippen molar-refractivity contribution in [3.05, 3.63) is 30.1 Å². The number of methoxy groups -OCH3 is 1. The van der Waals surface area contributed by atoms with Gasteiger partial charge < -0.3 is 20.1 Å². The van der Waals surface area contributed by atoms with Crippen LogP contribution in [0, 0.1) is 0 Å². The van der Waals surface area contributed by atoms with Gasteiger partial charge in [-0.25, -0.2) is 9.97 Å². The van der Waals surface area contributed by atoms with E-state index in [4.69, 9.17) is 15.2 Å². The molecule has 128 valence electrons. The molecule has 8 heteroatoms. The van der Waals surface area contributed by atoms with Gasteiger partial charge in [-0.2, -0.15) is 0 Å². The number of nitrogens with two attached hydrogens (primary N) is 1. The Kier molecular flexibility index (Phi) is 2.93. The van der Waals surface area contributed by atoms with E-state index in [-0.39, 0.29) is 24.0 Å². The Bertz CT molecular complexity index is 1010. The van der Waals surface area contributed by atoms with Gasteiger partial charge >= 0.3 is 0 Å². The van der Waals surface area contributed by atoms with Crippen molar-refractivity contribution in [1.82, 2.24) is 19.3 Å². The third kappa shape index (κ3) is 2.00. The normalized spacial score (nSPS) is 22.2. The minimum absolute atomic E-state index is 0.0880. The van der Waals surface area contributed by atoms with Crippen molar-refractivity contribution in [2.45, 2.75) is 18.6 Å². The Morgan fingerprint density at radius 3 is 3.00 bits per heavy atom. The summed E-state index contributed by atoms with van der Waals surface area (Å²) in [5, 5.41) is 0.791. The van der Waals surface area contributed by atoms with Gasteiger partial charge in [0.25, 0.3) is 5.91 Å². The first-order valence-corrected chi connectivity index (χ1v) is 8.19. The monoisotopic (exact) mass is 339 g/mol. The molecule has 0 saturated carbocycles. The molecule has 0 aliphatic carbocycles. The summed E-state index contributed by atoms with van der Waals surface area (Å²) < 4.78 is 12.6. The molecule has 2 aromatic heterocycles. The maximum atomic E-state index is 12.9. The number of ether oxygens (including phenoxy) is 2. The molecule has 0 spiro atoms. The number of nitrogens with zero attached hydrogens (tertiary/aromatic N) is 4. The van der Waals surface area contributed by atoms with Crippen LogP contribution in [-0.2, 0) is 4.74 Å². The highest BCUT2D eigenvalue weighted by Gasteiger charge is 2.42. The average molecular weight is 339 g/mol. The molecule has 2 saturated heterocycles. The molecule has 1 amide bonds. The first kappa shape index (κ1) is 14.5. The molecule has 2 atom stereocenters. The quantitative estimate of drug-likeness (QED) is 0.751. The van der Waals surface area contributed by atoms with Gasteiger partial charge in [-0.15, -0.1) is 0 Å². The summed E-state index contributed by atoms with van der Waals surface area (Å²) in [4.78, 5) is 23.7. The van der Waals surface area contributed by atoms with Gasteiger partial charge in [-0.1, -0.05) is 6.07 Å². The van der Waals surface area contributed by atoms with Gasteiger partial charge in [0.15, 0.2) is 0 Å². The van der Waals surface area contributed by atoms with E-state index in [1.54, 1.807) is 17.7 Å². The van der Waals surface area contributed by atoms with Crippen LogP contribution in [-0.4, -0.2) is 57.6 Å². The van der Waals surface area contributed by atoms with Gasteiger partial charge in [0, 0.05) is 18.1 Å². The highest BCUT2D eigenvalue weighted by Crippen LogP contribution is 2.31. The van der Waals surface area contributed by atoms with Gasteiger partial charge in [-0.05, 0) is 18.6 Å². The van der Waals surface area contributed by atoms with Crippen LogP contribution in [0.5, 0.6) is 5.75 Å². The molecular formula is C17H17N5O3. The van der Waals surface area contributed by atoms with Crippen molar-refractivity contribution in [2.24, 2.45) is 0 Å². The number of anilines is 1. The van der Waals surface area contributed by atoms with E-state index in [2.05, 4.69) is 9.97 Å². The molecule has 5 rings (SSSR count). The first-order chi connectivity index (χ1) is 12.2. The van der Waals surface area contributed by atoms with Crippen molar-refractivity contribution < 1.29 is 14.3 Å². The van der Waals surface area contributed by atoms with E-state index in [0.29, 0.717) is 35.8 Å². The number of hydrogen-bond acceptors (Lipinski definition) is 6. The van der Waals surface area contributed by atoms with E-state index in [1.165, 1.54) is 0 Å². The van der Waals surface area contributed by atoms with Gasteiger partial charge in [0.05, 0.1) is 25.9 Å². The number of rotatable bonds is 2. The summed E-state index contributed by atoms with van der Waals surface area (Å²) in [6.45, 7) is 1.23. The minimum Gasteiger partial charge on any atom is -0.494 e. The van der Waals surface area contributed by atoms with Gasteiger partial charge in [0.2, 0.25) is 5.95 Å². The third-order valence-corrected chi connectivity index (χ3v) is 5.02. The van der Waals surface area contributed by atoms with E-state index in [1.807, 2.05) is 23.1 Å². The molecular weight excluding hydrogens is 322 g/mol. The fraction of sp³-hybridized carbons (Fsp3) is 0.353. The Morgan fingerprint density at radius 1 is 1.40 bits per heavy atom. The van der Waals surface area contributed by atoms with E-state index in [0.717, 1.165) is 11.8 Å². The number of imidazole rings is 1. The van der Waals surface area contributed by atoms with E-state index < -0.39 is 0 Å². The molecule has 0 radical (unpaired) electrons. The zero-order chi connectivity index (χ0) is 17.1. The maximum Gasteiger partial charge on any atom is 0.274 e. The Morgan fingerprint density at radius 2 is 2.28 bits per heavy atom. The minimum atomic E-state index is -0.0880. The molecule has 2 aliphatic heterocycles. The van der Waals surface area contributed by atoms with E-state index in [9.17, 15) is 4.79 Å². The Balaban J connectivity index is 1.65. The van der Waals surface area contributed by atoms with Gasteiger partial charge in [0.1, 0.15) is 22.6 Å². The van der Waals surface area contributed by atoms with Crippen molar-refractivity contribution in [2.75, 3.05) is 26.0 Å². The summed E-state index contributed by atoms with van der Waals surface area (Å²) in [5.41, 5.74) is 7.69. The lowest BCUT2D eigenvalue weighted by atomic mass is 10.2. The highest BCUT2D eigenvalue weighted by atomic mass is 16.5. The maximum absolute atomic E-state index is 12.9. The van der Waals surface area contributed by atoms with Crippen LogP contribution >= 0.6 is 0 Å². The van der Waals surface area contributed by atoms with Crippen molar-refractivity contribution in [3.63, 3.8) is 0 Å². The lowest BCUT2D eigenvalue weighted by molar-refractivity contribution is 0.0256. The van der Waals surface area contributed by atoms with Crippen LogP contribution in [0.2, 0.25) is 0 Å². The van der Waals surface area contributed by atoms with Crippen molar-refractivity contribution in [3.8, 4) is 5.75 Å². The summed E-state index contributed by atoms with van der Waals surface area (Å²) in [7, 11) is 1.59. The zero-order valence-corrected chi connectivity index (χ0v) is 13.7. The molecule has 4 heterocycles. The Labute approximate surface area is 143 Å². The predicted molar refractivity (Wildman–Crippen MR) is 90.6 cm³/mol. The van der Waals surface area contributed by atoms with Crippen LogP contribution in [0.3, 0.4) is 0 Å². The first-order valence-electron chi connectivity index (χ1n) is 8.19. The lowest BCUT2D eigenvalue weighted by Gasteiger charge is -2.25. The number of para-hydroxylation sites is 1. The molecule has 8 nitrogen and oxygen atoms in total. The number of carbonyl (C=O) groups is 1.